The van der Waals surface area contributed by atoms with E-state index in [-0.39, 0.29) is 0 Å². The fourth-order valence-electron chi connectivity index (χ4n) is 1.11. The van der Waals surface area contributed by atoms with Crippen LogP contribution in [0.3, 0.4) is 0 Å². The SMILES string of the molecule is Clc1ccc([CH]C2CC2)cc1. The minimum Gasteiger partial charge on any atom is -0.0843 e. The van der Waals surface area contributed by atoms with E-state index in [1.54, 1.807) is 0 Å². The van der Waals surface area contributed by atoms with Gasteiger partial charge < -0.3 is 0 Å². The number of hydrogen-bond donors (Lipinski definition) is 0. The summed E-state index contributed by atoms with van der Waals surface area (Å²) in [6.45, 7) is 0. The molecule has 0 bridgehead atoms. The molecule has 1 aliphatic carbocycles. The molecule has 0 N–H and O–H groups in total. The third kappa shape index (κ3) is 1.97. The van der Waals surface area contributed by atoms with Gasteiger partial charge in [0, 0.05) is 5.02 Å². The molecule has 11 heavy (non-hydrogen) atoms. The highest BCUT2D eigenvalue weighted by atomic mass is 35.5. The Bertz CT molecular complexity index is 234. The van der Waals surface area contributed by atoms with Gasteiger partial charge in [0.05, 0.1) is 0 Å². The van der Waals surface area contributed by atoms with Crippen molar-refractivity contribution in [1.82, 2.24) is 0 Å². The summed E-state index contributed by atoms with van der Waals surface area (Å²) in [4.78, 5) is 0. The molecule has 1 aromatic rings. The highest BCUT2D eigenvalue weighted by Crippen LogP contribution is 2.34. The molecule has 0 spiro atoms. The number of hydrogen-bond acceptors (Lipinski definition) is 0. The van der Waals surface area contributed by atoms with Crippen molar-refractivity contribution >= 4 is 11.6 Å². The first-order valence-corrected chi connectivity index (χ1v) is 4.33. The first-order chi connectivity index (χ1) is 5.34. The van der Waals surface area contributed by atoms with E-state index in [4.69, 9.17) is 11.6 Å². The van der Waals surface area contributed by atoms with E-state index >= 15 is 0 Å². The zero-order valence-corrected chi connectivity index (χ0v) is 7.01. The Balaban J connectivity index is 2.06. The first kappa shape index (κ1) is 7.17. The van der Waals surface area contributed by atoms with Crippen LogP contribution in [0.5, 0.6) is 0 Å². The topological polar surface area (TPSA) is 0 Å². The van der Waals surface area contributed by atoms with Crippen LogP contribution in [0.15, 0.2) is 24.3 Å². The number of rotatable bonds is 2. The Morgan fingerprint density at radius 1 is 1.18 bits per heavy atom. The fraction of sp³-hybridized carbons (Fsp3) is 0.300. The second-order valence-corrected chi connectivity index (χ2v) is 3.49. The molecule has 1 fully saturated rings. The van der Waals surface area contributed by atoms with Crippen molar-refractivity contribution in [3.05, 3.63) is 41.3 Å². The van der Waals surface area contributed by atoms with E-state index in [2.05, 4.69) is 18.6 Å². The van der Waals surface area contributed by atoms with E-state index in [1.165, 1.54) is 18.4 Å². The summed E-state index contributed by atoms with van der Waals surface area (Å²) in [6.07, 6.45) is 5.04. The molecular formula is C10H10Cl. The van der Waals surface area contributed by atoms with Crippen molar-refractivity contribution in [2.75, 3.05) is 0 Å². The molecule has 0 amide bonds. The minimum atomic E-state index is 0.818. The second kappa shape index (κ2) is 2.86. The van der Waals surface area contributed by atoms with Gasteiger partial charge in [-0.3, -0.25) is 0 Å². The van der Waals surface area contributed by atoms with Crippen LogP contribution in [-0.4, -0.2) is 0 Å². The third-order valence-corrected chi connectivity index (χ3v) is 2.17. The molecule has 0 atom stereocenters. The van der Waals surface area contributed by atoms with E-state index in [0.717, 1.165) is 10.9 Å². The van der Waals surface area contributed by atoms with Gasteiger partial charge in [-0.25, -0.2) is 0 Å². The predicted molar refractivity (Wildman–Crippen MR) is 47.6 cm³/mol. The minimum absolute atomic E-state index is 0.818. The van der Waals surface area contributed by atoms with E-state index < -0.39 is 0 Å². The quantitative estimate of drug-likeness (QED) is 0.631. The number of halogens is 1. The smallest absolute Gasteiger partial charge is 0.0406 e. The van der Waals surface area contributed by atoms with Crippen molar-refractivity contribution in [1.29, 1.82) is 0 Å². The summed E-state index contributed by atoms with van der Waals surface area (Å²) in [5.41, 5.74) is 1.30. The van der Waals surface area contributed by atoms with Crippen molar-refractivity contribution in [2.45, 2.75) is 12.8 Å². The molecule has 1 heteroatoms. The van der Waals surface area contributed by atoms with Crippen LogP contribution in [0.2, 0.25) is 5.02 Å². The van der Waals surface area contributed by atoms with E-state index in [1.807, 2.05) is 12.1 Å². The summed E-state index contributed by atoms with van der Waals surface area (Å²) in [5, 5.41) is 0.818. The third-order valence-electron chi connectivity index (χ3n) is 1.92. The molecular weight excluding hydrogens is 156 g/mol. The summed E-state index contributed by atoms with van der Waals surface area (Å²) in [7, 11) is 0. The van der Waals surface area contributed by atoms with Crippen LogP contribution >= 0.6 is 11.6 Å². The molecule has 1 saturated carbocycles. The lowest BCUT2D eigenvalue weighted by atomic mass is 10.1. The molecule has 57 valence electrons. The van der Waals surface area contributed by atoms with Crippen LogP contribution in [0.1, 0.15) is 18.4 Å². The molecule has 1 aliphatic rings. The Kier molecular flexibility index (Phi) is 1.87. The zero-order chi connectivity index (χ0) is 7.68. The standard InChI is InChI=1S/C10H10Cl/c11-10-5-3-9(4-6-10)7-8-1-2-8/h3-8H,1-2H2. The van der Waals surface area contributed by atoms with E-state index in [9.17, 15) is 0 Å². The van der Waals surface area contributed by atoms with Crippen molar-refractivity contribution in [3.8, 4) is 0 Å². The Labute approximate surface area is 72.2 Å². The van der Waals surface area contributed by atoms with Gasteiger partial charge in [-0.2, -0.15) is 0 Å². The van der Waals surface area contributed by atoms with Crippen LogP contribution in [0.25, 0.3) is 0 Å². The Hall–Kier alpha value is -0.490. The normalized spacial score (nSPS) is 16.8. The van der Waals surface area contributed by atoms with Gasteiger partial charge in [-0.05, 0) is 42.9 Å². The molecule has 2 rings (SSSR count). The molecule has 1 aromatic carbocycles. The van der Waals surface area contributed by atoms with Gasteiger partial charge in [0.1, 0.15) is 0 Å². The lowest BCUT2D eigenvalue weighted by molar-refractivity contribution is 1.03. The summed E-state index contributed by atoms with van der Waals surface area (Å²) >= 11 is 5.75. The molecule has 0 aliphatic heterocycles. The fourth-order valence-corrected chi connectivity index (χ4v) is 1.23. The van der Waals surface area contributed by atoms with Crippen molar-refractivity contribution in [3.63, 3.8) is 0 Å². The second-order valence-electron chi connectivity index (χ2n) is 3.06. The predicted octanol–water partition coefficient (Wildman–Crippen LogP) is 3.30. The lowest BCUT2D eigenvalue weighted by Gasteiger charge is -1.97. The van der Waals surface area contributed by atoms with Gasteiger partial charge in [-0.15, -0.1) is 0 Å². The van der Waals surface area contributed by atoms with Gasteiger partial charge >= 0.3 is 0 Å². The zero-order valence-electron chi connectivity index (χ0n) is 6.26. The van der Waals surface area contributed by atoms with Crippen LogP contribution < -0.4 is 0 Å². The van der Waals surface area contributed by atoms with Crippen LogP contribution in [0, 0.1) is 12.3 Å². The summed E-state index contributed by atoms with van der Waals surface area (Å²) in [5.74, 6) is 0.844. The molecule has 0 unspecified atom stereocenters. The molecule has 0 saturated heterocycles. The highest BCUT2D eigenvalue weighted by molar-refractivity contribution is 6.30. The molecule has 0 heterocycles. The first-order valence-electron chi connectivity index (χ1n) is 3.95. The maximum absolute atomic E-state index is 5.75. The average molecular weight is 166 g/mol. The van der Waals surface area contributed by atoms with Crippen molar-refractivity contribution in [2.24, 2.45) is 5.92 Å². The molecule has 0 aromatic heterocycles. The highest BCUT2D eigenvalue weighted by Gasteiger charge is 2.21. The van der Waals surface area contributed by atoms with E-state index in [0.29, 0.717) is 0 Å². The van der Waals surface area contributed by atoms with Gasteiger partial charge in [0.25, 0.3) is 0 Å². The van der Waals surface area contributed by atoms with Crippen molar-refractivity contribution < 1.29 is 0 Å². The molecule has 1 radical (unpaired) electrons. The maximum atomic E-state index is 5.75. The summed E-state index contributed by atoms with van der Waals surface area (Å²) < 4.78 is 0. The van der Waals surface area contributed by atoms with Gasteiger partial charge in [-0.1, -0.05) is 23.7 Å². The molecule has 0 nitrogen and oxygen atoms in total. The Morgan fingerprint density at radius 3 is 2.36 bits per heavy atom. The van der Waals surface area contributed by atoms with Crippen LogP contribution in [-0.2, 0) is 0 Å². The number of benzene rings is 1. The monoisotopic (exact) mass is 165 g/mol. The largest absolute Gasteiger partial charge is 0.0843 e. The van der Waals surface area contributed by atoms with Gasteiger partial charge in [0.2, 0.25) is 0 Å². The Morgan fingerprint density at radius 2 is 1.82 bits per heavy atom. The summed E-state index contributed by atoms with van der Waals surface area (Å²) in [6, 6.07) is 8.02. The lowest BCUT2D eigenvalue weighted by Crippen LogP contribution is -1.81. The van der Waals surface area contributed by atoms with Crippen LogP contribution in [0.4, 0.5) is 0 Å². The maximum Gasteiger partial charge on any atom is 0.0406 e. The van der Waals surface area contributed by atoms with Gasteiger partial charge in [0.15, 0.2) is 0 Å². The average Bonchev–Trinajstić information content (AvgIpc) is 2.78.